The normalized spacial score (nSPS) is 12.2. The van der Waals surface area contributed by atoms with Crippen LogP contribution in [0.1, 0.15) is 27.2 Å². The molecule has 0 spiro atoms. The lowest BCUT2D eigenvalue weighted by Gasteiger charge is -2.13. The second-order valence-electron chi connectivity index (χ2n) is 3.98. The van der Waals surface area contributed by atoms with Gasteiger partial charge in [-0.1, -0.05) is 6.08 Å². The van der Waals surface area contributed by atoms with Crippen molar-refractivity contribution in [3.8, 4) is 5.88 Å². The average Bonchev–Trinajstić information content (AvgIpc) is 2.17. The fourth-order valence-corrected chi connectivity index (χ4v) is 1.29. The Kier molecular flexibility index (Phi) is 4.76. The Bertz CT molecular complexity index is 339. The fourth-order valence-electron chi connectivity index (χ4n) is 1.29. The van der Waals surface area contributed by atoms with Gasteiger partial charge in [0, 0.05) is 12.1 Å². The Hall–Kier alpha value is -1.58. The van der Waals surface area contributed by atoms with Crippen molar-refractivity contribution in [3.63, 3.8) is 0 Å². The Morgan fingerprint density at radius 3 is 2.81 bits per heavy atom. The summed E-state index contributed by atoms with van der Waals surface area (Å²) in [6.45, 7) is 9.71. The largest absolute Gasteiger partial charge is 0.475 e. The maximum atomic E-state index is 5.49. The number of hydrogen-bond donors (Lipinski definition) is 1. The van der Waals surface area contributed by atoms with Crippen LogP contribution in [-0.4, -0.2) is 22.1 Å². The molecule has 0 aromatic carbocycles. The predicted octanol–water partition coefficient (Wildman–Crippen LogP) is 2.64. The topological polar surface area (TPSA) is 47.0 Å². The van der Waals surface area contributed by atoms with Crippen molar-refractivity contribution in [3.05, 3.63) is 25.0 Å². The van der Waals surface area contributed by atoms with E-state index in [1.807, 2.05) is 19.9 Å². The lowest BCUT2D eigenvalue weighted by atomic mass is 10.2. The molecule has 4 heteroatoms. The summed E-state index contributed by atoms with van der Waals surface area (Å²) in [6.07, 6.45) is 4.39. The van der Waals surface area contributed by atoms with Crippen molar-refractivity contribution in [2.24, 2.45) is 0 Å². The summed E-state index contributed by atoms with van der Waals surface area (Å²) in [6, 6.07) is 2.11. The zero-order valence-electron chi connectivity index (χ0n) is 10.1. The molecular formula is C12H19N3O. The third kappa shape index (κ3) is 4.29. The minimum absolute atomic E-state index is 0.119. The van der Waals surface area contributed by atoms with Gasteiger partial charge < -0.3 is 10.1 Å². The smallest absolute Gasteiger partial charge is 0.218 e. The number of aromatic nitrogens is 2. The van der Waals surface area contributed by atoms with Gasteiger partial charge in [-0.3, -0.25) is 0 Å². The number of anilines is 1. The molecule has 0 saturated carbocycles. The van der Waals surface area contributed by atoms with E-state index in [4.69, 9.17) is 4.74 Å². The van der Waals surface area contributed by atoms with Gasteiger partial charge in [-0.25, -0.2) is 9.97 Å². The van der Waals surface area contributed by atoms with Crippen LogP contribution in [-0.2, 0) is 0 Å². The molecule has 0 bridgehead atoms. The van der Waals surface area contributed by atoms with Gasteiger partial charge in [-0.05, 0) is 27.2 Å². The average molecular weight is 221 g/mol. The lowest BCUT2D eigenvalue weighted by Crippen LogP contribution is -2.15. The first-order valence-electron chi connectivity index (χ1n) is 5.48. The van der Waals surface area contributed by atoms with Crippen LogP contribution in [0.4, 0.5) is 5.82 Å². The van der Waals surface area contributed by atoms with Crippen molar-refractivity contribution in [1.82, 2.24) is 9.97 Å². The predicted molar refractivity (Wildman–Crippen MR) is 65.7 cm³/mol. The molecule has 1 aromatic heterocycles. The molecule has 0 fully saturated rings. The Balaban J connectivity index is 2.63. The number of nitrogens with zero attached hydrogens (tertiary/aromatic N) is 2. The molecule has 0 amide bonds. The van der Waals surface area contributed by atoms with Gasteiger partial charge in [0.05, 0.1) is 6.10 Å². The SMILES string of the molecule is C=CCC(C)Nc1cc(OC(C)C)ncn1. The second kappa shape index (κ2) is 6.10. The minimum Gasteiger partial charge on any atom is -0.475 e. The molecule has 1 N–H and O–H groups in total. The zero-order chi connectivity index (χ0) is 12.0. The minimum atomic E-state index is 0.119. The van der Waals surface area contributed by atoms with Crippen LogP contribution in [0, 0.1) is 0 Å². The summed E-state index contributed by atoms with van der Waals surface area (Å²) in [7, 11) is 0. The highest BCUT2D eigenvalue weighted by Gasteiger charge is 2.04. The standard InChI is InChI=1S/C12H19N3O/c1-5-6-10(4)15-11-7-12(14-8-13-11)16-9(2)3/h5,7-10H,1,6H2,2-4H3,(H,13,14,15). The van der Waals surface area contributed by atoms with E-state index in [1.165, 1.54) is 6.33 Å². The van der Waals surface area contributed by atoms with E-state index < -0.39 is 0 Å². The maximum Gasteiger partial charge on any atom is 0.218 e. The zero-order valence-corrected chi connectivity index (χ0v) is 10.1. The van der Waals surface area contributed by atoms with E-state index in [1.54, 1.807) is 6.07 Å². The van der Waals surface area contributed by atoms with Gasteiger partial charge in [0.2, 0.25) is 5.88 Å². The molecule has 88 valence electrons. The number of ether oxygens (including phenoxy) is 1. The van der Waals surface area contributed by atoms with E-state index in [0.29, 0.717) is 11.9 Å². The number of nitrogens with one attached hydrogen (secondary N) is 1. The second-order valence-corrected chi connectivity index (χ2v) is 3.98. The summed E-state index contributed by atoms with van der Waals surface area (Å²) in [5.74, 6) is 1.37. The Morgan fingerprint density at radius 2 is 2.19 bits per heavy atom. The van der Waals surface area contributed by atoms with Gasteiger partial charge in [-0.15, -0.1) is 6.58 Å². The van der Waals surface area contributed by atoms with Crippen LogP contribution in [0.3, 0.4) is 0 Å². The van der Waals surface area contributed by atoms with Crippen LogP contribution in [0.15, 0.2) is 25.0 Å². The van der Waals surface area contributed by atoms with Gasteiger partial charge in [0.15, 0.2) is 0 Å². The first-order valence-corrected chi connectivity index (χ1v) is 5.48. The molecule has 0 saturated heterocycles. The molecule has 1 rings (SSSR count). The quantitative estimate of drug-likeness (QED) is 0.750. The van der Waals surface area contributed by atoms with Crippen LogP contribution >= 0.6 is 0 Å². The molecule has 0 aliphatic carbocycles. The van der Waals surface area contributed by atoms with E-state index in [9.17, 15) is 0 Å². The maximum absolute atomic E-state index is 5.49. The summed E-state index contributed by atoms with van der Waals surface area (Å²) in [4.78, 5) is 8.17. The third-order valence-corrected chi connectivity index (χ3v) is 1.91. The van der Waals surface area contributed by atoms with E-state index in [-0.39, 0.29) is 6.10 Å². The molecule has 4 nitrogen and oxygen atoms in total. The summed E-state index contributed by atoms with van der Waals surface area (Å²) >= 11 is 0. The van der Waals surface area contributed by atoms with E-state index in [0.717, 1.165) is 12.2 Å². The summed E-state index contributed by atoms with van der Waals surface area (Å²) in [5, 5.41) is 3.25. The lowest BCUT2D eigenvalue weighted by molar-refractivity contribution is 0.232. The fraction of sp³-hybridized carbons (Fsp3) is 0.500. The summed E-state index contributed by atoms with van der Waals surface area (Å²) < 4.78 is 5.49. The van der Waals surface area contributed by atoms with Crippen LogP contribution in [0.25, 0.3) is 0 Å². The third-order valence-electron chi connectivity index (χ3n) is 1.91. The van der Waals surface area contributed by atoms with Crippen molar-refractivity contribution < 1.29 is 4.74 Å². The first kappa shape index (κ1) is 12.5. The van der Waals surface area contributed by atoms with E-state index in [2.05, 4.69) is 28.8 Å². The molecule has 16 heavy (non-hydrogen) atoms. The molecular weight excluding hydrogens is 202 g/mol. The highest BCUT2D eigenvalue weighted by molar-refractivity contribution is 5.38. The Labute approximate surface area is 96.8 Å². The van der Waals surface area contributed by atoms with Crippen LogP contribution in [0.2, 0.25) is 0 Å². The monoisotopic (exact) mass is 221 g/mol. The molecule has 0 aliphatic rings. The van der Waals surface area contributed by atoms with Gasteiger partial charge in [0.1, 0.15) is 12.1 Å². The van der Waals surface area contributed by atoms with Crippen molar-refractivity contribution >= 4 is 5.82 Å². The van der Waals surface area contributed by atoms with Crippen LogP contribution < -0.4 is 10.1 Å². The highest BCUT2D eigenvalue weighted by Crippen LogP contribution is 2.13. The van der Waals surface area contributed by atoms with Crippen LogP contribution in [0.5, 0.6) is 5.88 Å². The number of rotatable bonds is 6. The molecule has 1 aromatic rings. The first-order chi connectivity index (χ1) is 7.61. The summed E-state index contributed by atoms with van der Waals surface area (Å²) in [5.41, 5.74) is 0. The molecule has 0 radical (unpaired) electrons. The molecule has 1 atom stereocenters. The molecule has 1 unspecified atom stereocenters. The Morgan fingerprint density at radius 1 is 1.44 bits per heavy atom. The molecule has 1 heterocycles. The van der Waals surface area contributed by atoms with Crippen molar-refractivity contribution in [2.75, 3.05) is 5.32 Å². The highest BCUT2D eigenvalue weighted by atomic mass is 16.5. The van der Waals surface area contributed by atoms with Crippen molar-refractivity contribution in [1.29, 1.82) is 0 Å². The van der Waals surface area contributed by atoms with Gasteiger partial charge >= 0.3 is 0 Å². The van der Waals surface area contributed by atoms with E-state index >= 15 is 0 Å². The van der Waals surface area contributed by atoms with Crippen molar-refractivity contribution in [2.45, 2.75) is 39.3 Å². The number of hydrogen-bond acceptors (Lipinski definition) is 4. The molecule has 0 aliphatic heterocycles. The van der Waals surface area contributed by atoms with Gasteiger partial charge in [0.25, 0.3) is 0 Å². The van der Waals surface area contributed by atoms with Gasteiger partial charge in [-0.2, -0.15) is 0 Å².